The van der Waals surface area contributed by atoms with Crippen LogP contribution in [0.25, 0.3) is 0 Å². The molecule has 5 heteroatoms. The Morgan fingerprint density at radius 3 is 2.38 bits per heavy atom. The molecule has 0 radical (unpaired) electrons. The van der Waals surface area contributed by atoms with Crippen LogP contribution in [-0.2, 0) is 13.6 Å². The van der Waals surface area contributed by atoms with E-state index < -0.39 is 7.82 Å². The minimum Gasteiger partial charge on any atom is -0.302 e. The Balaban J connectivity index is 3.58. The maximum Gasteiger partial charge on any atom is 0.472 e. The van der Waals surface area contributed by atoms with E-state index in [4.69, 9.17) is 9.05 Å². The van der Waals surface area contributed by atoms with Crippen molar-refractivity contribution in [1.29, 1.82) is 0 Å². The van der Waals surface area contributed by atoms with Gasteiger partial charge < -0.3 is 4.89 Å². The quantitative estimate of drug-likeness (QED) is 0.475. The molecule has 2 atom stereocenters. The van der Waals surface area contributed by atoms with Crippen molar-refractivity contribution < 1.29 is 18.5 Å². The molecule has 0 bridgehead atoms. The molecule has 0 aromatic heterocycles. The minimum atomic E-state index is -3.80. The van der Waals surface area contributed by atoms with E-state index in [1.165, 1.54) is 0 Å². The first kappa shape index (κ1) is 16.1. The molecule has 0 heterocycles. The van der Waals surface area contributed by atoms with Gasteiger partial charge in [0.15, 0.2) is 0 Å². The highest BCUT2D eigenvalue weighted by Gasteiger charge is 2.20. The fourth-order valence-corrected chi connectivity index (χ4v) is 1.91. The van der Waals surface area contributed by atoms with Crippen molar-refractivity contribution >= 4 is 7.82 Å². The van der Waals surface area contributed by atoms with E-state index in [1.807, 2.05) is 0 Å². The zero-order valence-electron chi connectivity index (χ0n) is 10.6. The Labute approximate surface area is 99.0 Å². The summed E-state index contributed by atoms with van der Waals surface area (Å²) >= 11 is 0. The molecule has 2 unspecified atom stereocenters. The van der Waals surface area contributed by atoms with Gasteiger partial charge in [0.25, 0.3) is 0 Å². The third kappa shape index (κ3) is 9.34. The van der Waals surface area contributed by atoms with E-state index in [9.17, 15) is 9.46 Å². The first-order valence-electron chi connectivity index (χ1n) is 6.13. The Morgan fingerprint density at radius 1 is 1.19 bits per heavy atom. The molecule has 1 N–H and O–H groups in total. The average Bonchev–Trinajstić information content (AvgIpc) is 2.24. The second-order valence-electron chi connectivity index (χ2n) is 4.14. The zero-order chi connectivity index (χ0) is 12.4. The smallest absolute Gasteiger partial charge is 0.302 e. The maximum atomic E-state index is 11.4. The summed E-state index contributed by atoms with van der Waals surface area (Å²) < 4.78 is 21.1. The van der Waals surface area contributed by atoms with Gasteiger partial charge in [-0.05, 0) is 18.8 Å². The van der Waals surface area contributed by atoms with Gasteiger partial charge in [0.1, 0.15) is 0 Å². The molecule has 0 aromatic rings. The van der Waals surface area contributed by atoms with Crippen molar-refractivity contribution in [2.45, 2.75) is 52.9 Å². The topological polar surface area (TPSA) is 55.8 Å². The standard InChI is InChI=1S/C11H25O4P/c1-4-6-7-9-14-16(12,13)15-10-8-11(3)5-2/h11H,4-10H2,1-3H3,(H,12,13). The molecular formula is C11H25O4P. The van der Waals surface area contributed by atoms with Gasteiger partial charge >= 0.3 is 7.82 Å². The van der Waals surface area contributed by atoms with Crippen LogP contribution in [0.2, 0.25) is 0 Å². The molecule has 16 heavy (non-hydrogen) atoms. The monoisotopic (exact) mass is 252 g/mol. The number of hydrogen-bond acceptors (Lipinski definition) is 3. The van der Waals surface area contributed by atoms with Crippen LogP contribution in [0, 0.1) is 5.92 Å². The van der Waals surface area contributed by atoms with Crippen LogP contribution in [0.4, 0.5) is 0 Å². The van der Waals surface area contributed by atoms with Crippen molar-refractivity contribution in [2.24, 2.45) is 5.92 Å². The molecule has 0 spiro atoms. The number of hydrogen-bond donors (Lipinski definition) is 1. The highest BCUT2D eigenvalue weighted by Crippen LogP contribution is 2.43. The summed E-state index contributed by atoms with van der Waals surface area (Å²) in [7, 11) is -3.80. The normalized spacial score (nSPS) is 17.0. The lowest BCUT2D eigenvalue weighted by Gasteiger charge is -2.13. The molecule has 0 aliphatic carbocycles. The van der Waals surface area contributed by atoms with Gasteiger partial charge in [-0.3, -0.25) is 9.05 Å². The largest absolute Gasteiger partial charge is 0.472 e. The number of phosphoric ester groups is 1. The summed E-state index contributed by atoms with van der Waals surface area (Å²) in [6, 6.07) is 0. The van der Waals surface area contributed by atoms with E-state index in [2.05, 4.69) is 20.8 Å². The van der Waals surface area contributed by atoms with Gasteiger partial charge in [-0.15, -0.1) is 0 Å². The van der Waals surface area contributed by atoms with Gasteiger partial charge in [-0.1, -0.05) is 40.0 Å². The Kier molecular flexibility index (Phi) is 9.24. The van der Waals surface area contributed by atoms with Crippen LogP contribution in [0.5, 0.6) is 0 Å². The Bertz CT molecular complexity index is 208. The average molecular weight is 252 g/mol. The molecular weight excluding hydrogens is 227 g/mol. The first-order chi connectivity index (χ1) is 7.52. The van der Waals surface area contributed by atoms with Crippen molar-refractivity contribution in [3.8, 4) is 0 Å². The van der Waals surface area contributed by atoms with Crippen molar-refractivity contribution in [2.75, 3.05) is 13.2 Å². The van der Waals surface area contributed by atoms with Gasteiger partial charge in [-0.25, -0.2) is 4.57 Å². The molecule has 0 aliphatic rings. The van der Waals surface area contributed by atoms with E-state index in [-0.39, 0.29) is 6.61 Å². The van der Waals surface area contributed by atoms with Gasteiger partial charge in [-0.2, -0.15) is 0 Å². The molecule has 98 valence electrons. The zero-order valence-corrected chi connectivity index (χ0v) is 11.5. The molecule has 0 saturated heterocycles. The predicted octanol–water partition coefficient (Wildman–Crippen LogP) is 3.75. The third-order valence-corrected chi connectivity index (χ3v) is 3.58. The molecule has 4 nitrogen and oxygen atoms in total. The lowest BCUT2D eigenvalue weighted by Crippen LogP contribution is -2.02. The summed E-state index contributed by atoms with van der Waals surface area (Å²) in [6.07, 6.45) is 4.71. The lowest BCUT2D eigenvalue weighted by molar-refractivity contribution is 0.141. The fraction of sp³-hybridized carbons (Fsp3) is 1.00. The van der Waals surface area contributed by atoms with Crippen LogP contribution in [0.3, 0.4) is 0 Å². The highest BCUT2D eigenvalue weighted by atomic mass is 31.2. The second kappa shape index (κ2) is 9.17. The van der Waals surface area contributed by atoms with Crippen LogP contribution >= 0.6 is 7.82 Å². The van der Waals surface area contributed by atoms with Crippen LogP contribution in [0.1, 0.15) is 52.9 Å². The summed E-state index contributed by atoms with van der Waals surface area (Å²) in [5.41, 5.74) is 0. The Hall–Kier alpha value is 0.110. The van der Waals surface area contributed by atoms with E-state index in [0.717, 1.165) is 32.1 Å². The number of rotatable bonds is 10. The summed E-state index contributed by atoms with van der Waals surface area (Å²) in [6.45, 7) is 6.83. The minimum absolute atomic E-state index is 0.288. The predicted molar refractivity (Wildman–Crippen MR) is 65.3 cm³/mol. The lowest BCUT2D eigenvalue weighted by atomic mass is 10.1. The van der Waals surface area contributed by atoms with Crippen LogP contribution in [0.15, 0.2) is 0 Å². The van der Waals surface area contributed by atoms with Crippen LogP contribution in [-0.4, -0.2) is 18.1 Å². The second-order valence-corrected chi connectivity index (χ2v) is 5.60. The first-order valence-corrected chi connectivity index (χ1v) is 7.63. The van der Waals surface area contributed by atoms with E-state index >= 15 is 0 Å². The molecule has 0 rings (SSSR count). The van der Waals surface area contributed by atoms with Crippen molar-refractivity contribution in [1.82, 2.24) is 0 Å². The SMILES string of the molecule is CCCCCOP(=O)(O)OCCC(C)CC. The molecule has 0 aromatic carbocycles. The summed E-state index contributed by atoms with van der Waals surface area (Å²) in [5, 5.41) is 0. The molecule has 0 saturated carbocycles. The third-order valence-electron chi connectivity index (χ3n) is 2.56. The molecule has 0 fully saturated rings. The van der Waals surface area contributed by atoms with Gasteiger partial charge in [0.2, 0.25) is 0 Å². The van der Waals surface area contributed by atoms with Gasteiger partial charge in [0.05, 0.1) is 13.2 Å². The van der Waals surface area contributed by atoms with Crippen molar-refractivity contribution in [3.63, 3.8) is 0 Å². The maximum absolute atomic E-state index is 11.4. The molecule has 0 amide bonds. The van der Waals surface area contributed by atoms with Crippen molar-refractivity contribution in [3.05, 3.63) is 0 Å². The number of phosphoric acid groups is 1. The Morgan fingerprint density at radius 2 is 1.81 bits per heavy atom. The van der Waals surface area contributed by atoms with Crippen LogP contribution < -0.4 is 0 Å². The fourth-order valence-electron chi connectivity index (χ4n) is 1.14. The summed E-state index contributed by atoms with van der Waals surface area (Å²) in [5.74, 6) is 0.514. The molecule has 0 aliphatic heterocycles. The van der Waals surface area contributed by atoms with E-state index in [0.29, 0.717) is 12.5 Å². The van der Waals surface area contributed by atoms with E-state index in [1.54, 1.807) is 0 Å². The van der Waals surface area contributed by atoms with Gasteiger partial charge in [0, 0.05) is 0 Å². The highest BCUT2D eigenvalue weighted by molar-refractivity contribution is 7.47. The summed E-state index contributed by atoms with van der Waals surface area (Å²) in [4.78, 5) is 9.31. The number of unbranched alkanes of at least 4 members (excludes halogenated alkanes) is 2.